The molecule has 112 valence electrons. The summed E-state index contributed by atoms with van der Waals surface area (Å²) >= 11 is 1.61. The highest BCUT2D eigenvalue weighted by Crippen LogP contribution is 2.39. The van der Waals surface area contributed by atoms with Crippen molar-refractivity contribution < 1.29 is 8.42 Å². The molecule has 0 bridgehead atoms. The normalized spacial score (nSPS) is 20.0. The number of hydrogen-bond acceptors (Lipinski definition) is 4. The molecule has 21 heavy (non-hydrogen) atoms. The van der Waals surface area contributed by atoms with Gasteiger partial charge in [-0.3, -0.25) is 0 Å². The topological polar surface area (TPSA) is 63.4 Å². The summed E-state index contributed by atoms with van der Waals surface area (Å²) in [5.74, 6) is 0. The van der Waals surface area contributed by atoms with E-state index in [1.165, 1.54) is 0 Å². The molecule has 0 radical (unpaired) electrons. The predicted octanol–water partition coefficient (Wildman–Crippen LogP) is 3.16. The van der Waals surface area contributed by atoms with Gasteiger partial charge in [0.15, 0.2) is 0 Å². The molecule has 1 atom stereocenters. The van der Waals surface area contributed by atoms with E-state index in [1.807, 2.05) is 24.4 Å². The SMILES string of the molecule is Cc1ccc(N)cc1S(=O)(=O)N1CCCC1c1cccs1. The second-order valence-electron chi connectivity index (χ2n) is 5.31. The molecule has 1 fully saturated rings. The summed E-state index contributed by atoms with van der Waals surface area (Å²) in [6.45, 7) is 2.38. The summed E-state index contributed by atoms with van der Waals surface area (Å²) < 4.78 is 27.6. The zero-order valence-electron chi connectivity index (χ0n) is 11.8. The molecule has 0 amide bonds. The fourth-order valence-electron chi connectivity index (χ4n) is 2.81. The van der Waals surface area contributed by atoms with Crippen LogP contribution in [0.25, 0.3) is 0 Å². The first-order valence-corrected chi connectivity index (χ1v) is 9.23. The molecule has 1 aromatic heterocycles. The minimum absolute atomic E-state index is 0.0455. The molecular formula is C15H18N2O2S2. The molecule has 2 N–H and O–H groups in total. The van der Waals surface area contributed by atoms with Crippen LogP contribution < -0.4 is 5.73 Å². The summed E-state index contributed by atoms with van der Waals surface area (Å²) in [6.07, 6.45) is 1.77. The average Bonchev–Trinajstić information content (AvgIpc) is 3.10. The third kappa shape index (κ3) is 2.59. The van der Waals surface area contributed by atoms with Crippen LogP contribution in [0.3, 0.4) is 0 Å². The number of nitrogens with two attached hydrogens (primary N) is 1. The van der Waals surface area contributed by atoms with Gasteiger partial charge in [0.2, 0.25) is 10.0 Å². The lowest BCUT2D eigenvalue weighted by Gasteiger charge is -2.24. The quantitative estimate of drug-likeness (QED) is 0.883. The maximum absolute atomic E-state index is 13.0. The number of hydrogen-bond donors (Lipinski definition) is 1. The van der Waals surface area contributed by atoms with E-state index in [2.05, 4.69) is 0 Å². The molecule has 0 aliphatic carbocycles. The van der Waals surface area contributed by atoms with Gasteiger partial charge < -0.3 is 5.73 Å². The van der Waals surface area contributed by atoms with Crippen LogP contribution in [0, 0.1) is 6.92 Å². The van der Waals surface area contributed by atoms with E-state index in [4.69, 9.17) is 5.73 Å². The van der Waals surface area contributed by atoms with Crippen LogP contribution in [0.15, 0.2) is 40.6 Å². The maximum Gasteiger partial charge on any atom is 0.243 e. The smallest absolute Gasteiger partial charge is 0.243 e. The zero-order chi connectivity index (χ0) is 15.0. The fraction of sp³-hybridized carbons (Fsp3) is 0.333. The van der Waals surface area contributed by atoms with Crippen molar-refractivity contribution in [2.24, 2.45) is 0 Å². The lowest BCUT2D eigenvalue weighted by atomic mass is 10.2. The minimum atomic E-state index is -3.51. The van der Waals surface area contributed by atoms with E-state index in [0.717, 1.165) is 23.3 Å². The highest BCUT2D eigenvalue weighted by Gasteiger charge is 2.37. The van der Waals surface area contributed by atoms with Crippen LogP contribution in [-0.4, -0.2) is 19.3 Å². The first-order valence-electron chi connectivity index (χ1n) is 6.91. The molecule has 1 saturated heterocycles. The third-order valence-electron chi connectivity index (χ3n) is 3.87. The van der Waals surface area contributed by atoms with Crippen molar-refractivity contribution in [1.82, 2.24) is 4.31 Å². The average molecular weight is 322 g/mol. The Hall–Kier alpha value is -1.37. The molecule has 0 spiro atoms. The first-order chi connectivity index (χ1) is 10.00. The number of aryl methyl sites for hydroxylation is 1. The third-order valence-corrected chi connectivity index (χ3v) is 6.90. The Bertz CT molecular complexity index is 739. The van der Waals surface area contributed by atoms with Crippen molar-refractivity contribution in [3.05, 3.63) is 46.2 Å². The summed E-state index contributed by atoms with van der Waals surface area (Å²) in [7, 11) is -3.51. The second-order valence-corrected chi connectivity index (χ2v) is 8.15. The van der Waals surface area contributed by atoms with E-state index in [-0.39, 0.29) is 6.04 Å². The van der Waals surface area contributed by atoms with E-state index in [0.29, 0.717) is 17.1 Å². The molecule has 6 heteroatoms. The molecule has 1 aliphatic heterocycles. The maximum atomic E-state index is 13.0. The Kier molecular flexibility index (Phi) is 3.77. The molecule has 1 unspecified atom stereocenters. The lowest BCUT2D eigenvalue weighted by molar-refractivity contribution is 0.400. The van der Waals surface area contributed by atoms with Crippen LogP contribution in [0.1, 0.15) is 29.3 Å². The van der Waals surface area contributed by atoms with Crippen molar-refractivity contribution in [2.75, 3.05) is 12.3 Å². The van der Waals surface area contributed by atoms with Gasteiger partial charge in [-0.1, -0.05) is 12.1 Å². The Morgan fingerprint density at radius 3 is 2.86 bits per heavy atom. The van der Waals surface area contributed by atoms with Crippen molar-refractivity contribution in [3.63, 3.8) is 0 Å². The van der Waals surface area contributed by atoms with Gasteiger partial charge in [0.05, 0.1) is 10.9 Å². The fourth-order valence-corrected chi connectivity index (χ4v) is 5.69. The Morgan fingerprint density at radius 1 is 1.33 bits per heavy atom. The Balaban J connectivity index is 2.03. The predicted molar refractivity (Wildman–Crippen MR) is 85.8 cm³/mol. The molecule has 1 aromatic carbocycles. The largest absolute Gasteiger partial charge is 0.399 e. The lowest BCUT2D eigenvalue weighted by Crippen LogP contribution is -2.30. The molecular weight excluding hydrogens is 304 g/mol. The number of thiophene rings is 1. The van der Waals surface area contributed by atoms with Gasteiger partial charge in [-0.2, -0.15) is 4.31 Å². The van der Waals surface area contributed by atoms with Crippen molar-refractivity contribution in [2.45, 2.75) is 30.7 Å². The number of nitrogens with zero attached hydrogens (tertiary/aromatic N) is 1. The number of nitrogen functional groups attached to an aromatic ring is 1. The van der Waals surface area contributed by atoms with Crippen LogP contribution in [0.5, 0.6) is 0 Å². The van der Waals surface area contributed by atoms with E-state index in [9.17, 15) is 8.42 Å². The molecule has 4 nitrogen and oxygen atoms in total. The number of anilines is 1. The van der Waals surface area contributed by atoms with Crippen molar-refractivity contribution in [1.29, 1.82) is 0 Å². The summed E-state index contributed by atoms with van der Waals surface area (Å²) in [6, 6.07) is 8.99. The van der Waals surface area contributed by atoms with Gasteiger partial charge in [-0.05, 0) is 48.9 Å². The van der Waals surface area contributed by atoms with Gasteiger partial charge in [0.25, 0.3) is 0 Å². The number of rotatable bonds is 3. The second kappa shape index (κ2) is 5.44. The monoisotopic (exact) mass is 322 g/mol. The van der Waals surface area contributed by atoms with E-state index < -0.39 is 10.0 Å². The van der Waals surface area contributed by atoms with Crippen LogP contribution in [0.2, 0.25) is 0 Å². The minimum Gasteiger partial charge on any atom is -0.399 e. The first kappa shape index (κ1) is 14.6. The van der Waals surface area contributed by atoms with Crippen LogP contribution in [-0.2, 0) is 10.0 Å². The number of sulfonamides is 1. The standard InChI is InChI=1S/C15H18N2O2S2/c1-11-6-7-12(16)10-15(11)21(18,19)17-8-2-4-13(17)14-5-3-9-20-14/h3,5-7,9-10,13H,2,4,8,16H2,1H3. The van der Waals surface area contributed by atoms with Gasteiger partial charge in [0.1, 0.15) is 0 Å². The van der Waals surface area contributed by atoms with Gasteiger partial charge in [-0.15, -0.1) is 11.3 Å². The van der Waals surface area contributed by atoms with Gasteiger partial charge >= 0.3 is 0 Å². The highest BCUT2D eigenvalue weighted by molar-refractivity contribution is 7.89. The Labute approximate surface area is 129 Å². The molecule has 3 rings (SSSR count). The summed E-state index contributed by atoms with van der Waals surface area (Å²) in [4.78, 5) is 1.43. The molecule has 0 saturated carbocycles. The molecule has 1 aliphatic rings. The van der Waals surface area contributed by atoms with Crippen molar-refractivity contribution in [3.8, 4) is 0 Å². The van der Waals surface area contributed by atoms with Gasteiger partial charge in [-0.25, -0.2) is 8.42 Å². The highest BCUT2D eigenvalue weighted by atomic mass is 32.2. The number of benzene rings is 1. The zero-order valence-corrected chi connectivity index (χ0v) is 13.5. The van der Waals surface area contributed by atoms with Gasteiger partial charge in [0, 0.05) is 17.1 Å². The van der Waals surface area contributed by atoms with Crippen molar-refractivity contribution >= 4 is 27.0 Å². The summed E-state index contributed by atoms with van der Waals surface area (Å²) in [5.41, 5.74) is 6.99. The molecule has 2 aromatic rings. The summed E-state index contributed by atoms with van der Waals surface area (Å²) in [5, 5.41) is 1.99. The Morgan fingerprint density at radius 2 is 2.14 bits per heavy atom. The van der Waals surface area contributed by atoms with Crippen LogP contribution >= 0.6 is 11.3 Å². The van der Waals surface area contributed by atoms with Crippen LogP contribution in [0.4, 0.5) is 5.69 Å². The molecule has 2 heterocycles. The van der Waals surface area contributed by atoms with E-state index >= 15 is 0 Å². The van der Waals surface area contributed by atoms with E-state index in [1.54, 1.807) is 33.8 Å².